The van der Waals surface area contributed by atoms with Crippen molar-refractivity contribution in [2.75, 3.05) is 0 Å². The molecule has 1 heterocycles. The van der Waals surface area contributed by atoms with Crippen molar-refractivity contribution in [1.82, 2.24) is 9.66 Å². The quantitative estimate of drug-likeness (QED) is 0.249. The molecule has 1 aromatic heterocycles. The molecule has 0 fully saturated rings. The van der Waals surface area contributed by atoms with Crippen LogP contribution in [0.15, 0.2) is 94.8 Å². The van der Waals surface area contributed by atoms with E-state index in [1.54, 1.807) is 36.4 Å². The van der Waals surface area contributed by atoms with Gasteiger partial charge in [-0.2, -0.15) is 9.78 Å². The summed E-state index contributed by atoms with van der Waals surface area (Å²) >= 11 is 0. The number of benzene rings is 4. The molecule has 0 unspecified atom stereocenters. The number of nitro benzene ring substituents is 1. The smallest absolute Gasteiger partial charge is 0.282 e. The predicted octanol–water partition coefficient (Wildman–Crippen LogP) is 4.71. The summed E-state index contributed by atoms with van der Waals surface area (Å²) in [5, 5.41) is 27.9. The van der Waals surface area contributed by atoms with Crippen LogP contribution in [-0.2, 0) is 0 Å². The summed E-state index contributed by atoms with van der Waals surface area (Å²) in [7, 11) is 0. The molecule has 0 saturated heterocycles. The molecule has 0 aliphatic rings. The topological polar surface area (TPSA) is 111 Å². The largest absolute Gasteiger partial charge is 0.507 e. The van der Waals surface area contributed by atoms with Gasteiger partial charge in [0, 0.05) is 23.3 Å². The third-order valence-electron chi connectivity index (χ3n) is 5.34. The second kappa shape index (κ2) is 8.01. The SMILES string of the molecule is O=c1c2ccccc2nc(-c2ccc([N+](=O)[O-])cc2)n1N=Cc1c(O)ccc2ccccc12. The number of non-ortho nitro benzene ring substituents is 1. The lowest BCUT2D eigenvalue weighted by Crippen LogP contribution is -2.20. The van der Waals surface area contributed by atoms with E-state index in [2.05, 4.69) is 10.1 Å². The molecule has 8 heteroatoms. The highest BCUT2D eigenvalue weighted by molar-refractivity contribution is 6.02. The van der Waals surface area contributed by atoms with E-state index < -0.39 is 10.5 Å². The van der Waals surface area contributed by atoms with Crippen LogP contribution in [0.2, 0.25) is 0 Å². The van der Waals surface area contributed by atoms with Gasteiger partial charge < -0.3 is 5.11 Å². The van der Waals surface area contributed by atoms with Crippen LogP contribution < -0.4 is 5.56 Å². The summed E-state index contributed by atoms with van der Waals surface area (Å²) < 4.78 is 1.14. The molecular formula is C25H16N4O4. The Hall–Kier alpha value is -4.85. The van der Waals surface area contributed by atoms with Crippen LogP contribution in [0.3, 0.4) is 0 Å². The second-order valence-electron chi connectivity index (χ2n) is 7.34. The first kappa shape index (κ1) is 20.1. The number of phenols is 1. The minimum absolute atomic E-state index is 0.0242. The number of para-hydroxylation sites is 1. The lowest BCUT2D eigenvalue weighted by molar-refractivity contribution is -0.384. The van der Waals surface area contributed by atoms with E-state index in [9.17, 15) is 20.0 Å². The number of aromatic nitrogens is 2. The van der Waals surface area contributed by atoms with Crippen molar-refractivity contribution in [1.29, 1.82) is 0 Å². The second-order valence-corrected chi connectivity index (χ2v) is 7.34. The number of phenolic OH excluding ortho intramolecular Hbond substituents is 1. The zero-order chi connectivity index (χ0) is 22.9. The molecule has 0 saturated carbocycles. The van der Waals surface area contributed by atoms with E-state index >= 15 is 0 Å². The maximum Gasteiger partial charge on any atom is 0.282 e. The fourth-order valence-electron chi connectivity index (χ4n) is 3.69. The molecule has 4 aromatic carbocycles. The lowest BCUT2D eigenvalue weighted by Gasteiger charge is -2.10. The number of fused-ring (bicyclic) bond motifs is 2. The predicted molar refractivity (Wildman–Crippen MR) is 127 cm³/mol. The molecule has 0 aliphatic heterocycles. The van der Waals surface area contributed by atoms with Gasteiger partial charge in [0.1, 0.15) is 5.75 Å². The maximum atomic E-state index is 13.3. The summed E-state index contributed by atoms with van der Waals surface area (Å²) in [6.07, 6.45) is 1.42. The van der Waals surface area contributed by atoms with Crippen molar-refractivity contribution >= 4 is 33.6 Å². The van der Waals surface area contributed by atoms with Gasteiger partial charge in [-0.15, -0.1) is 0 Å². The van der Waals surface area contributed by atoms with Crippen LogP contribution in [0.5, 0.6) is 5.75 Å². The zero-order valence-corrected chi connectivity index (χ0v) is 17.1. The summed E-state index contributed by atoms with van der Waals surface area (Å²) in [6.45, 7) is 0. The first-order valence-corrected chi connectivity index (χ1v) is 10.0. The number of rotatable bonds is 4. The van der Waals surface area contributed by atoms with Crippen molar-refractivity contribution in [3.05, 3.63) is 111 Å². The zero-order valence-electron chi connectivity index (χ0n) is 17.1. The number of nitro groups is 1. The van der Waals surface area contributed by atoms with Crippen molar-refractivity contribution < 1.29 is 10.0 Å². The van der Waals surface area contributed by atoms with Crippen LogP contribution in [0, 0.1) is 10.1 Å². The molecule has 0 aliphatic carbocycles. The van der Waals surface area contributed by atoms with Gasteiger partial charge >= 0.3 is 0 Å². The van der Waals surface area contributed by atoms with E-state index in [1.165, 1.54) is 30.5 Å². The van der Waals surface area contributed by atoms with Crippen molar-refractivity contribution in [2.45, 2.75) is 0 Å². The summed E-state index contributed by atoms with van der Waals surface area (Å²) in [6, 6.07) is 23.5. The molecule has 1 N–H and O–H groups in total. The Bertz CT molecular complexity index is 1620. The van der Waals surface area contributed by atoms with Gasteiger partial charge in [0.2, 0.25) is 0 Å². The Balaban J connectivity index is 1.73. The van der Waals surface area contributed by atoms with Crippen LogP contribution in [-0.4, -0.2) is 25.9 Å². The fraction of sp³-hybridized carbons (Fsp3) is 0. The van der Waals surface area contributed by atoms with Gasteiger partial charge in [0.25, 0.3) is 11.2 Å². The van der Waals surface area contributed by atoms with Crippen molar-refractivity contribution in [2.24, 2.45) is 5.10 Å². The maximum absolute atomic E-state index is 13.3. The molecule has 5 rings (SSSR count). The Kier molecular flexibility index (Phi) is 4.87. The lowest BCUT2D eigenvalue weighted by atomic mass is 10.0. The Morgan fingerprint density at radius 3 is 2.36 bits per heavy atom. The standard InChI is InChI=1S/C25H16N4O4/c30-23-14-11-16-5-1-2-6-19(16)21(23)15-26-28-24(17-9-12-18(13-10-17)29(32)33)27-22-8-4-3-7-20(22)25(28)31/h1-15,30H. The Morgan fingerprint density at radius 1 is 0.909 bits per heavy atom. The minimum atomic E-state index is -0.494. The minimum Gasteiger partial charge on any atom is -0.507 e. The monoisotopic (exact) mass is 436 g/mol. The van der Waals surface area contributed by atoms with E-state index in [-0.39, 0.29) is 17.3 Å². The molecule has 0 atom stereocenters. The van der Waals surface area contributed by atoms with Gasteiger partial charge in [-0.3, -0.25) is 14.9 Å². The number of aromatic hydroxyl groups is 1. The van der Waals surface area contributed by atoms with Gasteiger partial charge in [-0.1, -0.05) is 42.5 Å². The van der Waals surface area contributed by atoms with E-state index in [1.807, 2.05) is 24.3 Å². The van der Waals surface area contributed by atoms with Crippen molar-refractivity contribution in [3.63, 3.8) is 0 Å². The molecule has 0 radical (unpaired) electrons. The van der Waals surface area contributed by atoms with Crippen LogP contribution >= 0.6 is 0 Å². The number of nitrogens with zero attached hydrogens (tertiary/aromatic N) is 4. The van der Waals surface area contributed by atoms with E-state index in [0.29, 0.717) is 22.0 Å². The third-order valence-corrected chi connectivity index (χ3v) is 5.34. The normalized spacial score (nSPS) is 11.4. The molecule has 8 nitrogen and oxygen atoms in total. The molecule has 160 valence electrons. The average Bonchev–Trinajstić information content (AvgIpc) is 2.84. The van der Waals surface area contributed by atoms with Gasteiger partial charge in [-0.25, -0.2) is 4.98 Å². The van der Waals surface area contributed by atoms with Crippen LogP contribution in [0.25, 0.3) is 33.1 Å². The Labute approximate surface area is 186 Å². The van der Waals surface area contributed by atoms with Crippen LogP contribution in [0.1, 0.15) is 5.56 Å². The van der Waals surface area contributed by atoms with Gasteiger partial charge in [0.15, 0.2) is 5.82 Å². The molecule has 5 aromatic rings. The third kappa shape index (κ3) is 3.59. The highest BCUT2D eigenvalue weighted by Crippen LogP contribution is 2.26. The first-order valence-electron chi connectivity index (χ1n) is 10.0. The summed E-state index contributed by atoms with van der Waals surface area (Å²) in [5.74, 6) is 0.251. The van der Waals surface area contributed by atoms with Crippen LogP contribution in [0.4, 0.5) is 5.69 Å². The first-order chi connectivity index (χ1) is 16.0. The van der Waals surface area contributed by atoms with E-state index in [4.69, 9.17) is 0 Å². The van der Waals surface area contributed by atoms with E-state index in [0.717, 1.165) is 15.4 Å². The molecule has 0 bridgehead atoms. The molecule has 0 amide bonds. The molecule has 33 heavy (non-hydrogen) atoms. The number of hydrogen-bond acceptors (Lipinski definition) is 6. The molecule has 0 spiro atoms. The average molecular weight is 436 g/mol. The van der Waals surface area contributed by atoms with Gasteiger partial charge in [0.05, 0.1) is 22.0 Å². The molecular weight excluding hydrogens is 420 g/mol. The van der Waals surface area contributed by atoms with Gasteiger partial charge in [-0.05, 0) is 41.1 Å². The summed E-state index contributed by atoms with van der Waals surface area (Å²) in [5.41, 5.74) is 0.961. The Morgan fingerprint density at radius 2 is 1.61 bits per heavy atom. The highest BCUT2D eigenvalue weighted by Gasteiger charge is 2.14. The highest BCUT2D eigenvalue weighted by atomic mass is 16.6. The number of hydrogen-bond donors (Lipinski definition) is 1. The summed E-state index contributed by atoms with van der Waals surface area (Å²) in [4.78, 5) is 28.4. The fourth-order valence-corrected chi connectivity index (χ4v) is 3.69. The van der Waals surface area contributed by atoms with Crippen molar-refractivity contribution in [3.8, 4) is 17.1 Å².